The summed E-state index contributed by atoms with van der Waals surface area (Å²) >= 11 is 0. The molecule has 0 atom stereocenters. The van der Waals surface area contributed by atoms with Gasteiger partial charge in [0.25, 0.3) is 0 Å². The van der Waals surface area contributed by atoms with Gasteiger partial charge >= 0.3 is 0 Å². The van der Waals surface area contributed by atoms with Gasteiger partial charge in [0, 0.05) is 29.2 Å². The van der Waals surface area contributed by atoms with Gasteiger partial charge in [-0.15, -0.1) is 0 Å². The van der Waals surface area contributed by atoms with Gasteiger partial charge in [-0.2, -0.15) is 0 Å². The zero-order chi connectivity index (χ0) is 9.97. The summed E-state index contributed by atoms with van der Waals surface area (Å²) in [5.74, 6) is 0. The fraction of sp³-hybridized carbons (Fsp3) is 0.273. The maximum atomic E-state index is 5.66. The van der Waals surface area contributed by atoms with Crippen molar-refractivity contribution in [2.75, 3.05) is 12.3 Å². The topological polar surface area (TPSA) is 51.2 Å². The van der Waals surface area contributed by atoms with Crippen molar-refractivity contribution in [3.63, 3.8) is 0 Å². The van der Waals surface area contributed by atoms with Gasteiger partial charge in [0.15, 0.2) is 0 Å². The van der Waals surface area contributed by atoms with Crippen LogP contribution in [0.3, 0.4) is 0 Å². The molecule has 0 amide bonds. The second kappa shape index (κ2) is 3.72. The Morgan fingerprint density at radius 2 is 2.29 bits per heavy atom. The molecule has 14 heavy (non-hydrogen) atoms. The fourth-order valence-electron chi connectivity index (χ4n) is 1.50. The van der Waals surface area contributed by atoms with Crippen molar-refractivity contribution >= 4 is 16.7 Å². The molecule has 2 rings (SSSR count). The number of anilines is 1. The average Bonchev–Trinajstić information content (AvgIpc) is 2.57. The van der Waals surface area contributed by atoms with Crippen molar-refractivity contribution in [2.45, 2.75) is 13.5 Å². The van der Waals surface area contributed by atoms with Crippen molar-refractivity contribution in [3.05, 3.63) is 30.0 Å². The smallest absolute Gasteiger partial charge is 0.136 e. The third-order valence-electron chi connectivity index (χ3n) is 2.25. The van der Waals surface area contributed by atoms with Gasteiger partial charge in [-0.1, -0.05) is 6.92 Å². The molecule has 0 aliphatic carbocycles. The molecular weight excluding hydrogens is 176 g/mol. The molecule has 0 fully saturated rings. The van der Waals surface area contributed by atoms with Gasteiger partial charge in [0.1, 0.15) is 5.58 Å². The van der Waals surface area contributed by atoms with Crippen LogP contribution in [0.4, 0.5) is 5.69 Å². The van der Waals surface area contributed by atoms with Crippen LogP contribution in [0.15, 0.2) is 28.9 Å². The highest BCUT2D eigenvalue weighted by atomic mass is 16.3. The second-order valence-electron chi connectivity index (χ2n) is 3.30. The Bertz CT molecular complexity index is 434. The van der Waals surface area contributed by atoms with Gasteiger partial charge < -0.3 is 15.5 Å². The normalized spacial score (nSPS) is 10.9. The molecule has 2 aromatic rings. The molecule has 74 valence electrons. The van der Waals surface area contributed by atoms with E-state index in [9.17, 15) is 0 Å². The number of benzene rings is 1. The molecule has 0 aliphatic heterocycles. The van der Waals surface area contributed by atoms with Crippen LogP contribution < -0.4 is 11.1 Å². The predicted octanol–water partition coefficient (Wildman–Crippen LogP) is 2.12. The fourth-order valence-corrected chi connectivity index (χ4v) is 1.50. The van der Waals surface area contributed by atoms with Gasteiger partial charge in [-0.25, -0.2) is 0 Å². The summed E-state index contributed by atoms with van der Waals surface area (Å²) in [6, 6.07) is 5.75. The largest absolute Gasteiger partial charge is 0.464 e. The highest BCUT2D eigenvalue weighted by Crippen LogP contribution is 2.22. The summed E-state index contributed by atoms with van der Waals surface area (Å²) in [5, 5.41) is 4.41. The average molecular weight is 190 g/mol. The lowest BCUT2D eigenvalue weighted by Gasteiger charge is -1.98. The molecule has 3 N–H and O–H groups in total. The Kier molecular flexibility index (Phi) is 2.41. The first kappa shape index (κ1) is 9.09. The van der Waals surface area contributed by atoms with E-state index in [1.807, 2.05) is 18.2 Å². The van der Waals surface area contributed by atoms with Crippen LogP contribution in [-0.4, -0.2) is 6.54 Å². The number of furan rings is 1. The van der Waals surface area contributed by atoms with Crippen molar-refractivity contribution in [3.8, 4) is 0 Å². The number of nitrogens with two attached hydrogens (primary N) is 1. The van der Waals surface area contributed by atoms with E-state index >= 15 is 0 Å². The molecule has 0 radical (unpaired) electrons. The summed E-state index contributed by atoms with van der Waals surface area (Å²) in [5.41, 5.74) is 8.44. The van der Waals surface area contributed by atoms with Crippen LogP contribution >= 0.6 is 0 Å². The summed E-state index contributed by atoms with van der Waals surface area (Å²) < 4.78 is 5.41. The van der Waals surface area contributed by atoms with Crippen molar-refractivity contribution < 1.29 is 4.42 Å². The third kappa shape index (κ3) is 1.59. The van der Waals surface area contributed by atoms with Crippen LogP contribution in [0.25, 0.3) is 11.0 Å². The molecule has 0 aliphatic rings. The van der Waals surface area contributed by atoms with Crippen LogP contribution in [-0.2, 0) is 6.54 Å². The summed E-state index contributed by atoms with van der Waals surface area (Å²) in [6.45, 7) is 3.88. The number of hydrogen-bond acceptors (Lipinski definition) is 3. The second-order valence-corrected chi connectivity index (χ2v) is 3.30. The highest BCUT2D eigenvalue weighted by Gasteiger charge is 2.04. The molecule has 1 aromatic carbocycles. The van der Waals surface area contributed by atoms with E-state index in [1.165, 1.54) is 5.56 Å². The zero-order valence-electron chi connectivity index (χ0n) is 8.21. The highest BCUT2D eigenvalue weighted by molar-refractivity contribution is 5.83. The van der Waals surface area contributed by atoms with Crippen LogP contribution in [0.1, 0.15) is 12.5 Å². The number of fused-ring (bicyclic) bond motifs is 1. The van der Waals surface area contributed by atoms with Gasteiger partial charge in [0.2, 0.25) is 0 Å². The zero-order valence-corrected chi connectivity index (χ0v) is 8.21. The van der Waals surface area contributed by atoms with E-state index < -0.39 is 0 Å². The molecule has 0 bridgehead atoms. The molecule has 1 aromatic heterocycles. The molecule has 0 spiro atoms. The summed E-state index contributed by atoms with van der Waals surface area (Å²) in [6.07, 6.45) is 1.78. The maximum absolute atomic E-state index is 5.66. The molecule has 0 saturated heterocycles. The third-order valence-corrected chi connectivity index (χ3v) is 2.25. The molecule has 1 heterocycles. The SMILES string of the molecule is CCNCc1coc2cc(N)ccc12. The quantitative estimate of drug-likeness (QED) is 0.729. The van der Waals surface area contributed by atoms with Crippen LogP contribution in [0.5, 0.6) is 0 Å². The lowest BCUT2D eigenvalue weighted by molar-refractivity contribution is 0.604. The minimum absolute atomic E-state index is 0.738. The van der Waals surface area contributed by atoms with Gasteiger partial charge in [-0.05, 0) is 18.7 Å². The standard InChI is InChI=1S/C11H14N2O/c1-2-13-6-8-7-14-11-5-9(12)3-4-10(8)11/h3-5,7,13H,2,6,12H2,1H3. The first-order valence-electron chi connectivity index (χ1n) is 4.77. The van der Waals surface area contributed by atoms with Crippen molar-refractivity contribution in [1.29, 1.82) is 0 Å². The Morgan fingerprint density at radius 3 is 3.07 bits per heavy atom. The first-order chi connectivity index (χ1) is 6.81. The molecule has 3 nitrogen and oxygen atoms in total. The molecular formula is C11H14N2O. The Balaban J connectivity index is 2.37. The lowest BCUT2D eigenvalue weighted by Crippen LogP contribution is -2.11. The lowest BCUT2D eigenvalue weighted by atomic mass is 10.1. The Labute approximate surface area is 82.9 Å². The van der Waals surface area contributed by atoms with Gasteiger partial charge in [0.05, 0.1) is 6.26 Å². The number of nitrogens with one attached hydrogen (secondary N) is 1. The number of hydrogen-bond donors (Lipinski definition) is 2. The van der Waals surface area contributed by atoms with E-state index in [1.54, 1.807) is 6.26 Å². The van der Waals surface area contributed by atoms with Gasteiger partial charge in [-0.3, -0.25) is 0 Å². The number of nitrogen functional groups attached to an aromatic ring is 1. The Hall–Kier alpha value is -1.48. The maximum Gasteiger partial charge on any atom is 0.136 e. The molecule has 0 unspecified atom stereocenters. The predicted molar refractivity (Wildman–Crippen MR) is 58.0 cm³/mol. The van der Waals surface area contributed by atoms with Crippen molar-refractivity contribution in [2.24, 2.45) is 0 Å². The number of rotatable bonds is 3. The van der Waals surface area contributed by atoms with Crippen LogP contribution in [0.2, 0.25) is 0 Å². The summed E-state index contributed by atoms with van der Waals surface area (Å²) in [4.78, 5) is 0. The van der Waals surface area contributed by atoms with Crippen molar-refractivity contribution in [1.82, 2.24) is 5.32 Å². The molecule has 0 saturated carbocycles. The van der Waals surface area contributed by atoms with Crippen LogP contribution in [0, 0.1) is 0 Å². The van der Waals surface area contributed by atoms with E-state index in [0.29, 0.717) is 0 Å². The summed E-state index contributed by atoms with van der Waals surface area (Å²) in [7, 11) is 0. The van der Waals surface area contributed by atoms with E-state index in [0.717, 1.165) is 29.7 Å². The minimum atomic E-state index is 0.738. The first-order valence-corrected chi connectivity index (χ1v) is 4.77. The molecule has 3 heteroatoms. The van der Waals surface area contributed by atoms with E-state index in [-0.39, 0.29) is 0 Å². The van der Waals surface area contributed by atoms with E-state index in [2.05, 4.69) is 12.2 Å². The van der Waals surface area contributed by atoms with E-state index in [4.69, 9.17) is 10.2 Å². The minimum Gasteiger partial charge on any atom is -0.464 e. The monoisotopic (exact) mass is 190 g/mol. The Morgan fingerprint density at radius 1 is 1.43 bits per heavy atom.